The van der Waals surface area contributed by atoms with Crippen molar-refractivity contribution in [3.63, 3.8) is 0 Å². The lowest BCUT2D eigenvalue weighted by Crippen LogP contribution is -2.52. The average Bonchev–Trinajstić information content (AvgIpc) is 1.98. The largest absolute Gasteiger partial charge is 0.402 e. The molecule has 0 rings (SSSR count). The van der Waals surface area contributed by atoms with Crippen LogP contribution < -0.4 is 0 Å². The number of carbonyl (C=O) groups is 3. The summed E-state index contributed by atoms with van der Waals surface area (Å²) in [5, 5.41) is 0. The van der Waals surface area contributed by atoms with Gasteiger partial charge in [0, 0.05) is 20.8 Å². The quantitative estimate of drug-likeness (QED) is 0.323. The molecule has 0 aliphatic heterocycles. The normalized spacial score (nSPS) is 10.9. The minimum atomic E-state index is -2.12. The predicted octanol–water partition coefficient (Wildman–Crippen LogP) is 0.729. The van der Waals surface area contributed by atoms with E-state index >= 15 is 0 Å². The Morgan fingerprint density at radius 3 is 1.31 bits per heavy atom. The Morgan fingerprint density at radius 2 is 1.19 bits per heavy atom. The van der Waals surface area contributed by atoms with E-state index in [2.05, 4.69) is 0 Å². The second-order valence-corrected chi connectivity index (χ2v) is 6.25. The maximum absolute atomic E-state index is 10.9. The molecule has 8 heteroatoms. The van der Waals surface area contributed by atoms with E-state index in [4.69, 9.17) is 25.3 Å². The van der Waals surface area contributed by atoms with Crippen molar-refractivity contribution in [2.45, 2.75) is 32.9 Å². The Labute approximate surface area is 99.1 Å². The smallest absolute Gasteiger partial charge is 0.392 e. The Morgan fingerprint density at radius 1 is 0.938 bits per heavy atom. The average molecular weight is 268 g/mol. The highest BCUT2D eigenvalue weighted by Gasteiger charge is 2.48. The third-order valence-electron chi connectivity index (χ3n) is 1.26. The number of rotatable bonds is 4. The van der Waals surface area contributed by atoms with E-state index in [0.29, 0.717) is 0 Å². The monoisotopic (exact) mass is 267 g/mol. The summed E-state index contributed by atoms with van der Waals surface area (Å²) >= 11 is 5.80. The zero-order chi connectivity index (χ0) is 12.9. The minimum Gasteiger partial charge on any atom is -0.392 e. The number of hydrogen-bond acceptors (Lipinski definition) is 6. The molecule has 0 aliphatic carbocycles. The first-order valence-electron chi connectivity index (χ1n) is 4.28. The van der Waals surface area contributed by atoms with Crippen molar-refractivity contribution in [1.29, 1.82) is 0 Å². The molecule has 0 saturated carbocycles. The van der Waals surface area contributed by atoms with E-state index in [0.717, 1.165) is 20.8 Å². The first kappa shape index (κ1) is 14.9. The van der Waals surface area contributed by atoms with Crippen LogP contribution >= 0.6 is 11.1 Å². The van der Waals surface area contributed by atoms with Crippen molar-refractivity contribution in [1.82, 2.24) is 0 Å². The Kier molecular flexibility index (Phi) is 5.46. The number of carbonyl (C=O) groups excluding carboxylic acids is 3. The summed E-state index contributed by atoms with van der Waals surface area (Å²) in [4.78, 5) is 32.6. The van der Waals surface area contributed by atoms with Crippen molar-refractivity contribution in [2.24, 2.45) is 0 Å². The van der Waals surface area contributed by atoms with E-state index in [-0.39, 0.29) is 0 Å². The van der Waals surface area contributed by atoms with Crippen molar-refractivity contribution in [3.05, 3.63) is 0 Å². The second-order valence-electron chi connectivity index (χ2n) is 2.87. The molecule has 0 bridgehead atoms. The van der Waals surface area contributed by atoms with Crippen LogP contribution in [0.25, 0.3) is 0 Å². The molecule has 6 nitrogen and oxygen atoms in total. The zero-order valence-corrected chi connectivity index (χ0v) is 11.1. The van der Waals surface area contributed by atoms with E-state index < -0.39 is 31.6 Å². The van der Waals surface area contributed by atoms with Gasteiger partial charge in [-0.15, -0.1) is 0 Å². The van der Waals surface area contributed by atoms with E-state index in [9.17, 15) is 14.4 Å². The highest BCUT2D eigenvalue weighted by atomic mass is 35.6. The van der Waals surface area contributed by atoms with Crippen LogP contribution in [0.5, 0.6) is 0 Å². The first-order chi connectivity index (χ1) is 7.19. The Hall–Kier alpha value is -1.08. The summed E-state index contributed by atoms with van der Waals surface area (Å²) in [6, 6.07) is 0. The molecule has 0 aliphatic rings. The SMILES string of the molecule is CC(=O)OC(OC(C)=O)(OC(C)=O)[Si](C)Cl. The van der Waals surface area contributed by atoms with Crippen molar-refractivity contribution in [3.8, 4) is 0 Å². The molecule has 0 saturated heterocycles. The third kappa shape index (κ3) is 4.62. The van der Waals surface area contributed by atoms with Gasteiger partial charge in [-0.2, -0.15) is 11.1 Å². The van der Waals surface area contributed by atoms with E-state index in [1.54, 1.807) is 0 Å². The maximum atomic E-state index is 10.9. The molecule has 0 heterocycles. The molecule has 0 N–H and O–H groups in total. The van der Waals surface area contributed by atoms with Gasteiger partial charge in [-0.25, -0.2) is 0 Å². The summed E-state index contributed by atoms with van der Waals surface area (Å²) in [6.07, 6.45) is 0. The van der Waals surface area contributed by atoms with Crippen LogP contribution in [0.4, 0.5) is 0 Å². The Bertz CT molecular complexity index is 262. The minimum absolute atomic E-state index is 0.771. The number of ether oxygens (including phenoxy) is 3. The van der Waals surface area contributed by atoms with Crippen molar-refractivity contribution in [2.75, 3.05) is 0 Å². The molecule has 0 aromatic carbocycles. The molecule has 1 radical (unpaired) electrons. The highest BCUT2D eigenvalue weighted by Crippen LogP contribution is 2.23. The highest BCUT2D eigenvalue weighted by molar-refractivity contribution is 7.07. The van der Waals surface area contributed by atoms with E-state index in [1.807, 2.05) is 0 Å². The number of halogens is 1. The van der Waals surface area contributed by atoms with Gasteiger partial charge in [0.05, 0.1) is 0 Å². The first-order valence-corrected chi connectivity index (χ1v) is 7.29. The topological polar surface area (TPSA) is 78.9 Å². The van der Waals surface area contributed by atoms with Crippen molar-refractivity contribution < 1.29 is 28.6 Å². The third-order valence-corrected chi connectivity index (χ3v) is 3.10. The number of esters is 3. The number of hydrogen-bond donors (Lipinski definition) is 0. The van der Waals surface area contributed by atoms with Crippen LogP contribution in [0.1, 0.15) is 20.8 Å². The van der Waals surface area contributed by atoms with Gasteiger partial charge in [0.2, 0.25) is 0 Å². The lowest BCUT2D eigenvalue weighted by Gasteiger charge is -2.31. The molecule has 0 amide bonds. The molecular weight excluding hydrogens is 256 g/mol. The molecule has 91 valence electrons. The lowest BCUT2D eigenvalue weighted by molar-refractivity contribution is -0.283. The molecule has 0 atom stereocenters. The van der Waals surface area contributed by atoms with Gasteiger partial charge in [-0.1, -0.05) is 0 Å². The lowest BCUT2D eigenvalue weighted by atomic mass is 10.8. The maximum Gasteiger partial charge on any atom is 0.402 e. The summed E-state index contributed by atoms with van der Waals surface area (Å²) < 4.78 is 14.1. The molecule has 0 spiro atoms. The summed E-state index contributed by atoms with van der Waals surface area (Å²) in [5.41, 5.74) is -2.12. The van der Waals surface area contributed by atoms with Crippen LogP contribution in [0.3, 0.4) is 0 Å². The van der Waals surface area contributed by atoms with Gasteiger partial charge < -0.3 is 14.2 Å². The van der Waals surface area contributed by atoms with Gasteiger partial charge >= 0.3 is 31.6 Å². The second kappa shape index (κ2) is 5.85. The van der Waals surface area contributed by atoms with Crippen molar-refractivity contribution >= 4 is 37.1 Å². The standard InChI is InChI=1S/C8H12ClO6Si/c1-5(10)13-8(16(4)9,14-6(2)11)15-7(3)12/h1-4H3. The fraction of sp³-hybridized carbons (Fsp3) is 0.625. The van der Waals surface area contributed by atoms with Gasteiger partial charge in [0.15, 0.2) is 0 Å². The fourth-order valence-electron chi connectivity index (χ4n) is 0.841. The zero-order valence-electron chi connectivity index (χ0n) is 9.33. The van der Waals surface area contributed by atoms with E-state index in [1.165, 1.54) is 6.55 Å². The van der Waals surface area contributed by atoms with Crippen LogP contribution in [-0.4, -0.2) is 31.6 Å². The molecule has 0 fully saturated rings. The summed E-state index contributed by atoms with van der Waals surface area (Å²) in [6.45, 7) is 4.72. The summed E-state index contributed by atoms with van der Waals surface area (Å²) in [7, 11) is -2.07. The molecule has 16 heavy (non-hydrogen) atoms. The van der Waals surface area contributed by atoms with Crippen LogP contribution in [0, 0.1) is 0 Å². The van der Waals surface area contributed by atoms with Crippen LogP contribution in [0.2, 0.25) is 6.55 Å². The van der Waals surface area contributed by atoms with Gasteiger partial charge in [-0.05, 0) is 6.55 Å². The fourth-order valence-corrected chi connectivity index (χ4v) is 2.04. The predicted molar refractivity (Wildman–Crippen MR) is 55.5 cm³/mol. The van der Waals surface area contributed by atoms with Crippen LogP contribution in [-0.2, 0) is 28.6 Å². The summed E-state index contributed by atoms with van der Waals surface area (Å²) in [5.74, 6) is -2.31. The molecule has 0 unspecified atom stereocenters. The van der Waals surface area contributed by atoms with Crippen LogP contribution in [0.15, 0.2) is 0 Å². The molecule has 0 aromatic heterocycles. The van der Waals surface area contributed by atoms with Gasteiger partial charge in [-0.3, -0.25) is 14.4 Å². The molecule has 0 aromatic rings. The molecular formula is C8H12ClO6Si. The Balaban J connectivity index is 5.10. The van der Waals surface area contributed by atoms with Gasteiger partial charge in [0.1, 0.15) is 0 Å². The van der Waals surface area contributed by atoms with Gasteiger partial charge in [0.25, 0.3) is 0 Å².